The molecule has 2 heterocycles. The summed E-state index contributed by atoms with van der Waals surface area (Å²) in [7, 11) is 0. The fourth-order valence-corrected chi connectivity index (χ4v) is 3.30. The summed E-state index contributed by atoms with van der Waals surface area (Å²) < 4.78 is 16.5. The van der Waals surface area contributed by atoms with Crippen molar-refractivity contribution in [3.63, 3.8) is 0 Å². The van der Waals surface area contributed by atoms with E-state index in [1.165, 1.54) is 0 Å². The summed E-state index contributed by atoms with van der Waals surface area (Å²) >= 11 is 0. The van der Waals surface area contributed by atoms with Gasteiger partial charge in [0.05, 0.1) is 18.8 Å². The van der Waals surface area contributed by atoms with Crippen molar-refractivity contribution < 1.29 is 23.8 Å². The molecule has 2 N–H and O–H groups in total. The molecule has 0 aliphatic carbocycles. The Hall–Kier alpha value is -3.42. The zero-order valence-corrected chi connectivity index (χ0v) is 16.1. The number of nitrogens with one attached hydrogen (secondary N) is 2. The topological polar surface area (TPSA) is 89.1 Å². The second-order valence-corrected chi connectivity index (χ2v) is 6.86. The summed E-state index contributed by atoms with van der Waals surface area (Å²) in [4.78, 5) is 26.9. The molecule has 0 fully saturated rings. The molecular weight excluding hydrogens is 374 g/mol. The predicted molar refractivity (Wildman–Crippen MR) is 108 cm³/mol. The Morgan fingerprint density at radius 2 is 1.93 bits per heavy atom. The molecule has 2 amide bonds. The van der Waals surface area contributed by atoms with Gasteiger partial charge in [-0.25, -0.2) is 0 Å². The molecule has 2 aromatic carbocycles. The SMILES string of the molecule is CCCNC(=O)[C@@H]1CN(CC(=O)Nc2ccc3c(c2)OCO3)c2ccccc2O1. The third kappa shape index (κ3) is 4.21. The molecule has 0 radical (unpaired) electrons. The van der Waals surface area contributed by atoms with Gasteiger partial charge >= 0.3 is 0 Å². The fraction of sp³-hybridized carbons (Fsp3) is 0.333. The van der Waals surface area contributed by atoms with Crippen molar-refractivity contribution >= 4 is 23.2 Å². The first-order chi connectivity index (χ1) is 14.1. The number of hydrogen-bond donors (Lipinski definition) is 2. The highest BCUT2D eigenvalue weighted by molar-refractivity contribution is 5.95. The van der Waals surface area contributed by atoms with Gasteiger partial charge in [-0.05, 0) is 30.7 Å². The lowest BCUT2D eigenvalue weighted by atomic mass is 10.1. The van der Waals surface area contributed by atoms with Crippen LogP contribution in [0.3, 0.4) is 0 Å². The Bertz CT molecular complexity index is 917. The van der Waals surface area contributed by atoms with E-state index in [1.807, 2.05) is 30.0 Å². The summed E-state index contributed by atoms with van der Waals surface area (Å²) in [5, 5.41) is 5.72. The van der Waals surface area contributed by atoms with Crippen LogP contribution in [0.4, 0.5) is 11.4 Å². The number of ether oxygens (including phenoxy) is 3. The summed E-state index contributed by atoms with van der Waals surface area (Å²) in [5.41, 5.74) is 1.41. The van der Waals surface area contributed by atoms with E-state index < -0.39 is 6.10 Å². The van der Waals surface area contributed by atoms with Crippen LogP contribution in [0.2, 0.25) is 0 Å². The van der Waals surface area contributed by atoms with E-state index in [1.54, 1.807) is 24.3 Å². The molecule has 0 saturated heterocycles. The van der Waals surface area contributed by atoms with Crippen molar-refractivity contribution in [2.24, 2.45) is 0 Å². The van der Waals surface area contributed by atoms with Crippen LogP contribution >= 0.6 is 0 Å². The standard InChI is InChI=1S/C21H23N3O5/c1-2-9-22-21(26)19-11-24(15-5-3-4-6-16(15)29-19)12-20(25)23-14-7-8-17-18(10-14)28-13-27-17/h3-8,10,19H,2,9,11-13H2,1H3,(H,22,26)(H,23,25)/t19-/m0/s1. The van der Waals surface area contributed by atoms with Gasteiger partial charge in [-0.1, -0.05) is 19.1 Å². The Labute approximate surface area is 168 Å². The van der Waals surface area contributed by atoms with Gasteiger partial charge in [0.1, 0.15) is 5.75 Å². The lowest BCUT2D eigenvalue weighted by Crippen LogP contribution is -2.50. The third-order valence-corrected chi connectivity index (χ3v) is 4.69. The van der Waals surface area contributed by atoms with E-state index in [0.29, 0.717) is 36.0 Å². The van der Waals surface area contributed by atoms with E-state index in [-0.39, 0.29) is 25.2 Å². The van der Waals surface area contributed by atoms with Gasteiger partial charge < -0.3 is 29.7 Å². The first-order valence-electron chi connectivity index (χ1n) is 9.62. The Morgan fingerprint density at radius 1 is 1.10 bits per heavy atom. The minimum atomic E-state index is -0.671. The zero-order valence-electron chi connectivity index (χ0n) is 16.1. The molecule has 0 spiro atoms. The van der Waals surface area contributed by atoms with Crippen molar-refractivity contribution in [1.29, 1.82) is 0 Å². The monoisotopic (exact) mass is 397 g/mol. The molecule has 0 unspecified atom stereocenters. The van der Waals surface area contributed by atoms with Crippen LogP contribution in [0.1, 0.15) is 13.3 Å². The maximum absolute atomic E-state index is 12.7. The van der Waals surface area contributed by atoms with E-state index in [4.69, 9.17) is 14.2 Å². The highest BCUT2D eigenvalue weighted by atomic mass is 16.7. The van der Waals surface area contributed by atoms with Crippen molar-refractivity contribution in [3.8, 4) is 17.2 Å². The first-order valence-corrected chi connectivity index (χ1v) is 9.62. The molecule has 8 nitrogen and oxygen atoms in total. The van der Waals surface area contributed by atoms with Crippen molar-refractivity contribution in [2.75, 3.05) is 36.6 Å². The van der Waals surface area contributed by atoms with Gasteiger partial charge in [0.2, 0.25) is 12.7 Å². The Morgan fingerprint density at radius 3 is 2.79 bits per heavy atom. The molecule has 0 saturated carbocycles. The smallest absolute Gasteiger partial charge is 0.262 e. The van der Waals surface area contributed by atoms with Crippen molar-refractivity contribution in [3.05, 3.63) is 42.5 Å². The maximum Gasteiger partial charge on any atom is 0.262 e. The molecule has 2 aromatic rings. The summed E-state index contributed by atoms with van der Waals surface area (Å²) in [5.74, 6) is 1.47. The second-order valence-electron chi connectivity index (χ2n) is 6.86. The van der Waals surface area contributed by atoms with Gasteiger partial charge in [0.25, 0.3) is 5.91 Å². The van der Waals surface area contributed by atoms with Gasteiger partial charge in [0.15, 0.2) is 17.6 Å². The first kappa shape index (κ1) is 18.9. The lowest BCUT2D eigenvalue weighted by Gasteiger charge is -2.35. The van der Waals surface area contributed by atoms with Gasteiger partial charge in [-0.15, -0.1) is 0 Å². The van der Waals surface area contributed by atoms with E-state index >= 15 is 0 Å². The number of carbonyl (C=O) groups excluding carboxylic acids is 2. The summed E-state index contributed by atoms with van der Waals surface area (Å²) in [6.45, 7) is 3.14. The molecule has 2 aliphatic heterocycles. The van der Waals surface area contributed by atoms with Gasteiger partial charge in [-0.2, -0.15) is 0 Å². The quantitative estimate of drug-likeness (QED) is 0.777. The normalized spacial score (nSPS) is 16.6. The highest BCUT2D eigenvalue weighted by Gasteiger charge is 2.31. The number of hydrogen-bond acceptors (Lipinski definition) is 6. The molecule has 29 heavy (non-hydrogen) atoms. The van der Waals surface area contributed by atoms with Crippen LogP contribution in [0.15, 0.2) is 42.5 Å². The fourth-order valence-electron chi connectivity index (χ4n) is 3.30. The van der Waals surface area contributed by atoms with E-state index in [0.717, 1.165) is 12.1 Å². The van der Waals surface area contributed by atoms with Crippen LogP contribution in [-0.4, -0.2) is 44.3 Å². The highest BCUT2D eigenvalue weighted by Crippen LogP contribution is 2.35. The number of nitrogens with zero attached hydrogens (tertiary/aromatic N) is 1. The van der Waals surface area contributed by atoms with Crippen LogP contribution in [-0.2, 0) is 9.59 Å². The van der Waals surface area contributed by atoms with Crippen LogP contribution < -0.4 is 29.7 Å². The molecule has 152 valence electrons. The Balaban J connectivity index is 1.46. The van der Waals surface area contributed by atoms with Crippen LogP contribution in [0, 0.1) is 0 Å². The predicted octanol–water partition coefficient (Wildman–Crippen LogP) is 2.15. The van der Waals surface area contributed by atoms with Crippen molar-refractivity contribution in [1.82, 2.24) is 5.32 Å². The van der Waals surface area contributed by atoms with Crippen LogP contribution in [0.5, 0.6) is 17.2 Å². The second kappa shape index (κ2) is 8.30. The number of fused-ring (bicyclic) bond motifs is 2. The molecule has 1 atom stereocenters. The molecule has 0 aromatic heterocycles. The number of amides is 2. The minimum Gasteiger partial charge on any atom is -0.477 e. The van der Waals surface area contributed by atoms with Crippen LogP contribution in [0.25, 0.3) is 0 Å². The molecule has 0 bridgehead atoms. The number of rotatable bonds is 6. The third-order valence-electron chi connectivity index (χ3n) is 4.69. The number of anilines is 2. The van der Waals surface area contributed by atoms with Crippen molar-refractivity contribution in [2.45, 2.75) is 19.4 Å². The van der Waals surface area contributed by atoms with Gasteiger partial charge in [0, 0.05) is 18.3 Å². The molecule has 8 heteroatoms. The van der Waals surface area contributed by atoms with E-state index in [9.17, 15) is 9.59 Å². The summed E-state index contributed by atoms with van der Waals surface area (Å²) in [6, 6.07) is 12.7. The minimum absolute atomic E-state index is 0.0897. The van der Waals surface area contributed by atoms with E-state index in [2.05, 4.69) is 10.6 Å². The zero-order chi connectivity index (χ0) is 20.2. The molecule has 2 aliphatic rings. The number of carbonyl (C=O) groups is 2. The number of para-hydroxylation sites is 2. The van der Waals surface area contributed by atoms with Gasteiger partial charge in [-0.3, -0.25) is 9.59 Å². The average Bonchev–Trinajstić information content (AvgIpc) is 3.19. The molecular formula is C21H23N3O5. The Kier molecular flexibility index (Phi) is 5.41. The maximum atomic E-state index is 12.7. The molecule has 4 rings (SSSR count). The average molecular weight is 397 g/mol. The lowest BCUT2D eigenvalue weighted by molar-refractivity contribution is -0.128. The summed E-state index contributed by atoms with van der Waals surface area (Å²) in [6.07, 6.45) is 0.172. The number of benzene rings is 2. The largest absolute Gasteiger partial charge is 0.477 e.